The molecule has 1 amide bonds. The van der Waals surface area contributed by atoms with Crippen LogP contribution in [0.2, 0.25) is 0 Å². The van der Waals surface area contributed by atoms with Crippen LogP contribution in [0.3, 0.4) is 0 Å². The molecule has 1 aromatic heterocycles. The van der Waals surface area contributed by atoms with Gasteiger partial charge in [-0.25, -0.2) is 4.98 Å². The number of aromatic nitrogens is 1. The molecule has 1 heterocycles. The smallest absolute Gasteiger partial charge is 0.311 e. The molecule has 0 saturated carbocycles. The zero-order valence-corrected chi connectivity index (χ0v) is 13.9. The number of nitrogens with one attached hydrogen (secondary N) is 1. The molecule has 2 rings (SSSR count). The van der Waals surface area contributed by atoms with Gasteiger partial charge in [0.1, 0.15) is 6.04 Å². The van der Waals surface area contributed by atoms with E-state index < -0.39 is 11.0 Å². The molecule has 24 heavy (non-hydrogen) atoms. The highest BCUT2D eigenvalue weighted by molar-refractivity contribution is 5.85. The molecule has 0 aliphatic rings. The number of nitrogens with zero attached hydrogens (tertiary/aromatic N) is 3. The molecular weight excluding hydrogens is 308 g/mol. The highest BCUT2D eigenvalue weighted by atomic mass is 16.6. The van der Waals surface area contributed by atoms with Crippen LogP contribution in [-0.4, -0.2) is 40.9 Å². The minimum atomic E-state index is -0.642. The van der Waals surface area contributed by atoms with Crippen LogP contribution >= 0.6 is 0 Å². The van der Waals surface area contributed by atoms with Crippen molar-refractivity contribution < 1.29 is 9.72 Å². The van der Waals surface area contributed by atoms with E-state index >= 15 is 0 Å². The van der Waals surface area contributed by atoms with Crippen LogP contribution < -0.4 is 5.32 Å². The number of aryl methyl sites for hydroxylation is 1. The molecule has 0 spiro atoms. The summed E-state index contributed by atoms with van der Waals surface area (Å²) in [5, 5.41) is 14.2. The van der Waals surface area contributed by atoms with E-state index in [2.05, 4.69) is 10.3 Å². The van der Waals surface area contributed by atoms with Crippen molar-refractivity contribution in [2.75, 3.05) is 19.4 Å². The Bertz CT molecular complexity index is 732. The summed E-state index contributed by atoms with van der Waals surface area (Å²) in [4.78, 5) is 28.8. The minimum Gasteiger partial charge on any atom is -0.352 e. The van der Waals surface area contributed by atoms with Crippen LogP contribution in [0.1, 0.15) is 11.1 Å². The van der Waals surface area contributed by atoms with Gasteiger partial charge >= 0.3 is 5.69 Å². The van der Waals surface area contributed by atoms with E-state index in [1.165, 1.54) is 17.2 Å². The molecule has 1 aromatic carbocycles. The van der Waals surface area contributed by atoms with Gasteiger partial charge in [0.25, 0.3) is 0 Å². The molecule has 126 valence electrons. The summed E-state index contributed by atoms with van der Waals surface area (Å²) in [5.41, 5.74) is 1.50. The maximum atomic E-state index is 12.5. The Morgan fingerprint density at radius 3 is 2.58 bits per heavy atom. The van der Waals surface area contributed by atoms with E-state index in [1.807, 2.05) is 30.3 Å². The molecule has 0 fully saturated rings. The molecule has 0 bridgehead atoms. The molecule has 1 N–H and O–H groups in total. The van der Waals surface area contributed by atoms with Gasteiger partial charge < -0.3 is 10.2 Å². The highest BCUT2D eigenvalue weighted by Gasteiger charge is 2.25. The Hall–Kier alpha value is -2.96. The fourth-order valence-electron chi connectivity index (χ4n) is 2.33. The van der Waals surface area contributed by atoms with Gasteiger partial charge in [-0.2, -0.15) is 0 Å². The Morgan fingerprint density at radius 1 is 1.33 bits per heavy atom. The summed E-state index contributed by atoms with van der Waals surface area (Å²) < 4.78 is 0. The molecule has 0 unspecified atom stereocenters. The van der Waals surface area contributed by atoms with Crippen molar-refractivity contribution in [3.05, 3.63) is 63.8 Å². The normalized spacial score (nSPS) is 11.6. The lowest BCUT2D eigenvalue weighted by atomic mass is 10.0. The van der Waals surface area contributed by atoms with Crippen molar-refractivity contribution in [1.82, 2.24) is 9.88 Å². The summed E-state index contributed by atoms with van der Waals surface area (Å²) in [5.74, 6) is -0.0720. The fraction of sp³-hybridized carbons (Fsp3) is 0.294. The van der Waals surface area contributed by atoms with Gasteiger partial charge in [0, 0.05) is 32.8 Å². The van der Waals surface area contributed by atoms with Crippen molar-refractivity contribution in [3.8, 4) is 0 Å². The number of hydrogen-bond donors (Lipinski definition) is 1. The maximum Gasteiger partial charge on any atom is 0.311 e. The molecule has 0 radical (unpaired) electrons. The first-order valence-electron chi connectivity index (χ1n) is 7.51. The largest absolute Gasteiger partial charge is 0.352 e. The topological polar surface area (TPSA) is 88.4 Å². The maximum absolute atomic E-state index is 12.5. The van der Waals surface area contributed by atoms with Gasteiger partial charge in [-0.15, -0.1) is 0 Å². The number of carbonyl (C=O) groups is 1. The first kappa shape index (κ1) is 17.4. The van der Waals surface area contributed by atoms with Gasteiger partial charge in [0.05, 0.1) is 4.92 Å². The third-order valence-electron chi connectivity index (χ3n) is 3.53. The zero-order chi connectivity index (χ0) is 17.7. The molecular formula is C17H20N4O3. The second kappa shape index (κ2) is 7.54. The number of benzene rings is 1. The second-order valence-electron chi connectivity index (χ2n) is 5.76. The van der Waals surface area contributed by atoms with Crippen molar-refractivity contribution in [1.29, 1.82) is 0 Å². The van der Waals surface area contributed by atoms with Crippen LogP contribution in [-0.2, 0) is 11.2 Å². The number of amides is 1. The minimum absolute atomic E-state index is 0.0988. The van der Waals surface area contributed by atoms with Gasteiger partial charge in [-0.1, -0.05) is 30.3 Å². The predicted molar refractivity (Wildman–Crippen MR) is 91.9 cm³/mol. The Labute approximate surface area is 140 Å². The lowest BCUT2D eigenvalue weighted by molar-refractivity contribution is -0.384. The van der Waals surface area contributed by atoms with E-state index in [9.17, 15) is 14.9 Å². The highest BCUT2D eigenvalue weighted by Crippen LogP contribution is 2.24. The average Bonchev–Trinajstić information content (AvgIpc) is 2.55. The quantitative estimate of drug-likeness (QED) is 0.650. The standard InChI is InChI=1S/C17H20N4O3/c1-12-9-15(21(23)24)16(18-11-12)19-14(17(22)20(2)3)10-13-7-5-4-6-8-13/h4-9,11,14H,10H2,1-3H3,(H,18,19)/t14-/m0/s1. The molecule has 0 aliphatic heterocycles. The van der Waals surface area contributed by atoms with Crippen LogP contribution in [0.5, 0.6) is 0 Å². The number of anilines is 1. The molecule has 1 atom stereocenters. The third kappa shape index (κ3) is 4.28. The van der Waals surface area contributed by atoms with E-state index in [0.29, 0.717) is 12.0 Å². The Balaban J connectivity index is 2.32. The first-order valence-corrected chi connectivity index (χ1v) is 7.51. The van der Waals surface area contributed by atoms with Crippen LogP contribution in [0.4, 0.5) is 11.5 Å². The van der Waals surface area contributed by atoms with Crippen LogP contribution in [0.25, 0.3) is 0 Å². The summed E-state index contributed by atoms with van der Waals surface area (Å²) in [6, 6.07) is 10.3. The molecule has 2 aromatic rings. The SMILES string of the molecule is Cc1cnc(N[C@@H](Cc2ccccc2)C(=O)N(C)C)c([N+](=O)[O-])c1. The van der Waals surface area contributed by atoms with Crippen molar-refractivity contribution in [3.63, 3.8) is 0 Å². The van der Waals surface area contributed by atoms with Crippen molar-refractivity contribution in [2.24, 2.45) is 0 Å². The average molecular weight is 328 g/mol. The van der Waals surface area contributed by atoms with E-state index in [4.69, 9.17) is 0 Å². The fourth-order valence-corrected chi connectivity index (χ4v) is 2.33. The number of pyridine rings is 1. The zero-order valence-electron chi connectivity index (χ0n) is 13.9. The monoisotopic (exact) mass is 328 g/mol. The Morgan fingerprint density at radius 2 is 2.00 bits per heavy atom. The number of hydrogen-bond acceptors (Lipinski definition) is 5. The number of likely N-dealkylation sites (N-methyl/N-ethyl adjacent to an activating group) is 1. The summed E-state index contributed by atoms with van der Waals surface area (Å²) in [6.45, 7) is 1.73. The van der Waals surface area contributed by atoms with E-state index in [1.54, 1.807) is 21.0 Å². The number of carbonyl (C=O) groups excluding carboxylic acids is 1. The molecule has 7 heteroatoms. The summed E-state index contributed by atoms with van der Waals surface area (Å²) >= 11 is 0. The van der Waals surface area contributed by atoms with Crippen molar-refractivity contribution in [2.45, 2.75) is 19.4 Å². The summed E-state index contributed by atoms with van der Waals surface area (Å²) in [6.07, 6.45) is 1.94. The lowest BCUT2D eigenvalue weighted by Gasteiger charge is -2.22. The second-order valence-corrected chi connectivity index (χ2v) is 5.76. The molecule has 7 nitrogen and oxygen atoms in total. The lowest BCUT2D eigenvalue weighted by Crippen LogP contribution is -2.40. The third-order valence-corrected chi connectivity index (χ3v) is 3.53. The Kier molecular flexibility index (Phi) is 5.47. The van der Waals surface area contributed by atoms with E-state index in [-0.39, 0.29) is 17.4 Å². The summed E-state index contributed by atoms with van der Waals surface area (Å²) in [7, 11) is 3.30. The van der Waals surface area contributed by atoms with Crippen molar-refractivity contribution >= 4 is 17.4 Å². The van der Waals surface area contributed by atoms with Gasteiger partial charge in [0.2, 0.25) is 11.7 Å². The van der Waals surface area contributed by atoms with Gasteiger partial charge in [-0.05, 0) is 18.1 Å². The van der Waals surface area contributed by atoms with Gasteiger partial charge in [-0.3, -0.25) is 14.9 Å². The van der Waals surface area contributed by atoms with Crippen LogP contribution in [0.15, 0.2) is 42.6 Å². The number of rotatable bonds is 6. The molecule has 0 aliphatic carbocycles. The van der Waals surface area contributed by atoms with E-state index in [0.717, 1.165) is 5.56 Å². The van der Waals surface area contributed by atoms with Crippen LogP contribution in [0, 0.1) is 17.0 Å². The molecule has 0 saturated heterocycles. The number of nitro groups is 1. The first-order chi connectivity index (χ1) is 11.4. The van der Waals surface area contributed by atoms with Gasteiger partial charge in [0.15, 0.2) is 0 Å². The predicted octanol–water partition coefficient (Wildman–Crippen LogP) is 2.41.